The number of rotatable bonds is 15. The molecule has 3 aromatic rings. The molecule has 227 valence electrons. The van der Waals surface area contributed by atoms with E-state index < -0.39 is 5.97 Å². The topological polar surface area (TPSA) is 111 Å². The summed E-state index contributed by atoms with van der Waals surface area (Å²) in [6.07, 6.45) is 1.90. The number of nitrogens with zero attached hydrogens (tertiary/aromatic N) is 5. The van der Waals surface area contributed by atoms with Crippen LogP contribution in [0.25, 0.3) is 22.3 Å². The summed E-state index contributed by atoms with van der Waals surface area (Å²) in [6.45, 7) is 7.44. The van der Waals surface area contributed by atoms with Gasteiger partial charge in [-0.1, -0.05) is 26.3 Å². The number of benzene rings is 2. The Morgan fingerprint density at radius 1 is 1.00 bits per heavy atom. The van der Waals surface area contributed by atoms with Crippen molar-refractivity contribution in [3.63, 3.8) is 0 Å². The Labute approximate surface area is 264 Å². The fourth-order valence-electron chi connectivity index (χ4n) is 4.80. The Balaban J connectivity index is 0.00000616. The molecule has 10 nitrogen and oxygen atoms in total. The van der Waals surface area contributed by atoms with E-state index in [4.69, 9.17) is 9.47 Å². The number of carbonyl (C=O) groups excluding carboxylic acids is 1. The second kappa shape index (κ2) is 16.5. The number of aromatic carboxylic acids is 1. The number of hydrogen-bond donors (Lipinski definition) is 1. The van der Waals surface area contributed by atoms with Gasteiger partial charge in [0.25, 0.3) is 5.91 Å². The Hall–Kier alpha value is -3.15. The molecule has 11 heteroatoms. The summed E-state index contributed by atoms with van der Waals surface area (Å²) in [4.78, 5) is 29.4. The van der Waals surface area contributed by atoms with Gasteiger partial charge in [0.2, 0.25) is 0 Å². The molecular formula is C31H42N5O5Ta-. The maximum absolute atomic E-state index is 13.4. The van der Waals surface area contributed by atoms with Crippen LogP contribution in [-0.4, -0.2) is 98.1 Å². The first-order valence-corrected chi connectivity index (χ1v) is 13.8. The first-order valence-electron chi connectivity index (χ1n) is 13.8. The van der Waals surface area contributed by atoms with Crippen LogP contribution in [0.5, 0.6) is 11.5 Å². The molecule has 0 unspecified atom stereocenters. The van der Waals surface area contributed by atoms with Crippen LogP contribution in [-0.2, 0) is 22.4 Å². The minimum absolute atomic E-state index is 0. The van der Waals surface area contributed by atoms with Crippen LogP contribution in [0.3, 0.4) is 0 Å². The Bertz CT molecular complexity index is 1320. The average molecular weight is 746 g/mol. The van der Waals surface area contributed by atoms with Crippen LogP contribution in [0.4, 0.5) is 0 Å². The van der Waals surface area contributed by atoms with E-state index >= 15 is 0 Å². The fraction of sp³-hybridized carbons (Fsp3) is 0.452. The van der Waals surface area contributed by atoms with Gasteiger partial charge in [-0.15, -0.1) is 6.54 Å². The van der Waals surface area contributed by atoms with Gasteiger partial charge in [0.1, 0.15) is 11.5 Å². The van der Waals surface area contributed by atoms with Gasteiger partial charge in [0.05, 0.1) is 31.2 Å². The van der Waals surface area contributed by atoms with E-state index in [1.165, 1.54) is 6.07 Å². The number of carbonyl (C=O) groups is 2. The predicted octanol–water partition coefficient (Wildman–Crippen LogP) is 5.16. The summed E-state index contributed by atoms with van der Waals surface area (Å²) in [6, 6.07) is 12.4. The monoisotopic (exact) mass is 745 g/mol. The molecule has 0 saturated carbocycles. The molecule has 0 spiro atoms. The van der Waals surface area contributed by atoms with Crippen molar-refractivity contribution in [1.29, 1.82) is 0 Å². The minimum atomic E-state index is -1.15. The zero-order valence-electron chi connectivity index (χ0n) is 25.6. The molecule has 0 fully saturated rings. The summed E-state index contributed by atoms with van der Waals surface area (Å²) in [5.41, 5.74) is 3.08. The molecule has 0 bridgehead atoms. The smallest absolute Gasteiger partial charge is 0.356 e. The summed E-state index contributed by atoms with van der Waals surface area (Å²) in [7, 11) is 8.84. The standard InChI is InChI=1S/C31H42N5O5.Ta/c1-21(2)23-19-22(30(37)35(5)18-10-17-34(4)16-9-15-32-3)13-14-25(23)36-26(20-24(33-36)31(38)39)29-27(40-6)11-8-12-28(29)41-7;/h8,11-14,19-21H,9-10,15-18H2,1-7H3,(H,38,39);/q-1;. The fourth-order valence-corrected chi connectivity index (χ4v) is 4.80. The normalized spacial score (nSPS) is 11.0. The summed E-state index contributed by atoms with van der Waals surface area (Å²) in [5, 5.41) is 18.4. The summed E-state index contributed by atoms with van der Waals surface area (Å²) >= 11 is 0. The predicted molar refractivity (Wildman–Crippen MR) is 161 cm³/mol. The van der Waals surface area contributed by atoms with Gasteiger partial charge in [-0.2, -0.15) is 12.1 Å². The molecule has 1 amide bonds. The van der Waals surface area contributed by atoms with Gasteiger partial charge in [0, 0.05) is 41.5 Å². The molecule has 0 aliphatic rings. The number of carboxylic acid groups (broad SMARTS) is 1. The van der Waals surface area contributed by atoms with Crippen LogP contribution < -0.4 is 9.47 Å². The molecule has 2 aromatic carbocycles. The molecule has 42 heavy (non-hydrogen) atoms. The molecule has 0 saturated heterocycles. The zero-order valence-corrected chi connectivity index (χ0v) is 28.8. The Morgan fingerprint density at radius 3 is 2.21 bits per heavy atom. The number of ether oxygens (including phenoxy) is 2. The van der Waals surface area contributed by atoms with Crippen molar-refractivity contribution in [2.45, 2.75) is 32.6 Å². The average Bonchev–Trinajstić information content (AvgIpc) is 3.41. The maximum Gasteiger partial charge on any atom is 0.356 e. The van der Waals surface area contributed by atoms with Crippen molar-refractivity contribution in [3.05, 3.63) is 64.6 Å². The number of carboxylic acids is 1. The quantitative estimate of drug-likeness (QED) is 0.214. The Kier molecular flexibility index (Phi) is 13.8. The van der Waals surface area contributed by atoms with Crippen LogP contribution in [0.15, 0.2) is 42.5 Å². The minimum Gasteiger partial charge on any atom is -0.665 e. The van der Waals surface area contributed by atoms with Gasteiger partial charge in [-0.05, 0) is 74.4 Å². The van der Waals surface area contributed by atoms with Crippen molar-refractivity contribution in [1.82, 2.24) is 19.6 Å². The van der Waals surface area contributed by atoms with Crippen molar-refractivity contribution < 1.29 is 46.5 Å². The van der Waals surface area contributed by atoms with Gasteiger partial charge in [-0.25, -0.2) is 9.48 Å². The third-order valence-corrected chi connectivity index (χ3v) is 7.04. The number of hydrogen-bond acceptors (Lipinski definition) is 6. The number of amides is 1. The second-order valence-electron chi connectivity index (χ2n) is 10.4. The van der Waals surface area contributed by atoms with Gasteiger partial charge >= 0.3 is 5.97 Å². The van der Waals surface area contributed by atoms with E-state index in [2.05, 4.69) is 22.4 Å². The van der Waals surface area contributed by atoms with Crippen molar-refractivity contribution in [3.8, 4) is 28.4 Å². The first kappa shape index (κ1) is 35.0. The van der Waals surface area contributed by atoms with Crippen LogP contribution >= 0.6 is 0 Å². The van der Waals surface area contributed by atoms with E-state index in [9.17, 15) is 14.7 Å². The summed E-state index contributed by atoms with van der Waals surface area (Å²) in [5.74, 6) is -0.147. The van der Waals surface area contributed by atoms with Gasteiger partial charge in [-0.3, -0.25) is 4.79 Å². The number of aromatic nitrogens is 2. The molecule has 0 aliphatic carbocycles. The molecule has 3 rings (SSSR count). The van der Waals surface area contributed by atoms with Crippen LogP contribution in [0.2, 0.25) is 0 Å². The van der Waals surface area contributed by atoms with Crippen molar-refractivity contribution in [2.75, 3.05) is 61.5 Å². The van der Waals surface area contributed by atoms with E-state index in [1.807, 2.05) is 40.1 Å². The van der Waals surface area contributed by atoms with Crippen molar-refractivity contribution in [2.24, 2.45) is 0 Å². The third-order valence-electron chi connectivity index (χ3n) is 7.04. The molecule has 1 radical (unpaired) electrons. The van der Waals surface area contributed by atoms with Gasteiger partial charge < -0.3 is 29.7 Å². The molecule has 1 N–H and O–H groups in total. The first-order chi connectivity index (χ1) is 19.6. The molecule has 1 aromatic heterocycles. The second-order valence-corrected chi connectivity index (χ2v) is 10.4. The molecule has 0 aliphatic heterocycles. The Morgan fingerprint density at radius 2 is 1.64 bits per heavy atom. The van der Waals surface area contributed by atoms with Gasteiger partial charge in [0.15, 0.2) is 5.69 Å². The van der Waals surface area contributed by atoms with Crippen LogP contribution in [0, 0.1) is 0 Å². The molecule has 0 atom stereocenters. The molecular weight excluding hydrogens is 703 g/mol. The molecule has 1 heterocycles. The number of methoxy groups -OCH3 is 2. The maximum atomic E-state index is 13.4. The van der Waals surface area contributed by atoms with E-state index in [0.717, 1.165) is 38.0 Å². The largest absolute Gasteiger partial charge is 0.665 e. The van der Waals surface area contributed by atoms with E-state index in [1.54, 1.807) is 48.1 Å². The third kappa shape index (κ3) is 8.45. The van der Waals surface area contributed by atoms with Crippen molar-refractivity contribution >= 4 is 11.9 Å². The SMILES string of the molecule is C[N-]CCCN(C)CCCN(C)C(=O)c1ccc(-n2nc(C(=O)O)cc2-c2c(OC)cccc2OC)c(C(C)C)c1.[Ta]. The van der Waals surface area contributed by atoms with E-state index in [0.29, 0.717) is 40.6 Å². The van der Waals surface area contributed by atoms with E-state index in [-0.39, 0.29) is 39.9 Å². The van der Waals surface area contributed by atoms with Crippen LogP contribution in [0.1, 0.15) is 59.0 Å². The summed E-state index contributed by atoms with van der Waals surface area (Å²) < 4.78 is 12.8. The zero-order chi connectivity index (χ0) is 30.1.